The van der Waals surface area contributed by atoms with Gasteiger partial charge in [0.05, 0.1) is 11.6 Å². The van der Waals surface area contributed by atoms with E-state index in [0.29, 0.717) is 16.6 Å². The Morgan fingerprint density at radius 2 is 2.21 bits per heavy atom. The van der Waals surface area contributed by atoms with Gasteiger partial charge in [-0.15, -0.1) is 0 Å². The molecule has 0 spiro atoms. The van der Waals surface area contributed by atoms with Crippen LogP contribution in [-0.2, 0) is 0 Å². The molecule has 1 unspecified atom stereocenters. The molecule has 0 saturated carbocycles. The van der Waals surface area contributed by atoms with Crippen LogP contribution in [0.15, 0.2) is 18.2 Å². The second-order valence-corrected chi connectivity index (χ2v) is 4.64. The summed E-state index contributed by atoms with van der Waals surface area (Å²) in [7, 11) is 0. The quantitative estimate of drug-likeness (QED) is 0.826. The number of hydrogen-bond acceptors (Lipinski definition) is 2. The number of nitrogens with one attached hydrogen (secondary N) is 1. The number of aryl methyl sites for hydroxylation is 1. The maximum Gasteiger partial charge on any atom is 0.405 e. The summed E-state index contributed by atoms with van der Waals surface area (Å²) in [5.41, 5.74) is 1.46. The van der Waals surface area contributed by atoms with Crippen LogP contribution in [0.2, 0.25) is 5.15 Å². The van der Waals surface area contributed by atoms with E-state index in [0.717, 1.165) is 5.39 Å². The van der Waals surface area contributed by atoms with Crippen LogP contribution in [0.1, 0.15) is 24.1 Å². The second-order valence-electron chi connectivity index (χ2n) is 4.28. The molecule has 19 heavy (non-hydrogen) atoms. The minimum Gasteiger partial charge on any atom is -0.465 e. The van der Waals surface area contributed by atoms with Crippen LogP contribution in [0, 0.1) is 12.7 Å². The van der Waals surface area contributed by atoms with Gasteiger partial charge in [-0.1, -0.05) is 11.6 Å². The van der Waals surface area contributed by atoms with Crippen molar-refractivity contribution in [2.45, 2.75) is 19.9 Å². The van der Waals surface area contributed by atoms with Gasteiger partial charge >= 0.3 is 6.09 Å². The molecule has 1 heterocycles. The molecule has 100 valence electrons. The van der Waals surface area contributed by atoms with Crippen LogP contribution < -0.4 is 5.32 Å². The van der Waals surface area contributed by atoms with Crippen molar-refractivity contribution in [1.29, 1.82) is 0 Å². The Morgan fingerprint density at radius 1 is 1.53 bits per heavy atom. The molecule has 1 amide bonds. The van der Waals surface area contributed by atoms with Crippen LogP contribution in [0.25, 0.3) is 10.9 Å². The van der Waals surface area contributed by atoms with Gasteiger partial charge in [-0.05, 0) is 32.0 Å². The van der Waals surface area contributed by atoms with E-state index < -0.39 is 12.1 Å². The van der Waals surface area contributed by atoms with Crippen molar-refractivity contribution in [3.8, 4) is 0 Å². The number of nitrogens with zero attached hydrogens (tertiary/aromatic N) is 1. The standard InChI is InChI=1S/C13H12ClFN2O2/c1-6-10(15)4-3-8-5-9(7(2)16-13(18)19)12(14)17-11(6)8/h3-5,7,16H,1-2H3,(H,18,19). The number of aromatic nitrogens is 1. The summed E-state index contributed by atoms with van der Waals surface area (Å²) >= 11 is 6.04. The van der Waals surface area contributed by atoms with Crippen LogP contribution in [0.5, 0.6) is 0 Å². The highest BCUT2D eigenvalue weighted by molar-refractivity contribution is 6.30. The normalized spacial score (nSPS) is 12.4. The van der Waals surface area contributed by atoms with Gasteiger partial charge in [-0.2, -0.15) is 0 Å². The second kappa shape index (κ2) is 5.01. The smallest absolute Gasteiger partial charge is 0.405 e. The lowest BCUT2D eigenvalue weighted by Gasteiger charge is -2.14. The largest absolute Gasteiger partial charge is 0.465 e. The third-order valence-electron chi connectivity index (χ3n) is 2.96. The van der Waals surface area contributed by atoms with Gasteiger partial charge in [-0.25, -0.2) is 14.2 Å². The zero-order chi connectivity index (χ0) is 14.2. The third kappa shape index (κ3) is 2.61. The Kier molecular flexibility index (Phi) is 3.57. The van der Waals surface area contributed by atoms with Gasteiger partial charge in [0.15, 0.2) is 0 Å². The maximum atomic E-state index is 13.4. The van der Waals surface area contributed by atoms with Crippen molar-refractivity contribution in [2.75, 3.05) is 0 Å². The van der Waals surface area contributed by atoms with Crippen molar-refractivity contribution in [3.63, 3.8) is 0 Å². The summed E-state index contributed by atoms with van der Waals surface area (Å²) in [5, 5.41) is 11.9. The van der Waals surface area contributed by atoms with Gasteiger partial charge in [-0.3, -0.25) is 0 Å². The number of rotatable bonds is 2. The summed E-state index contributed by atoms with van der Waals surface area (Å²) in [6.45, 7) is 3.29. The van der Waals surface area contributed by atoms with Crippen molar-refractivity contribution >= 4 is 28.6 Å². The van der Waals surface area contributed by atoms with Crippen molar-refractivity contribution < 1.29 is 14.3 Å². The molecule has 4 nitrogen and oxygen atoms in total. The molecule has 0 saturated heterocycles. The molecule has 1 aromatic heterocycles. The average molecular weight is 283 g/mol. The van der Waals surface area contributed by atoms with E-state index in [1.807, 2.05) is 0 Å². The highest BCUT2D eigenvalue weighted by Gasteiger charge is 2.15. The number of pyridine rings is 1. The summed E-state index contributed by atoms with van der Waals surface area (Å²) < 4.78 is 13.4. The Hall–Kier alpha value is -1.88. The van der Waals surface area contributed by atoms with Gasteiger partial charge in [0.25, 0.3) is 0 Å². The van der Waals surface area contributed by atoms with Crippen LogP contribution >= 0.6 is 11.6 Å². The lowest BCUT2D eigenvalue weighted by atomic mass is 10.1. The molecule has 1 atom stereocenters. The first-order valence-electron chi connectivity index (χ1n) is 5.65. The van der Waals surface area contributed by atoms with Crippen LogP contribution in [0.3, 0.4) is 0 Å². The Balaban J connectivity index is 2.56. The highest BCUT2D eigenvalue weighted by Crippen LogP contribution is 2.28. The fraction of sp³-hybridized carbons (Fsp3) is 0.231. The zero-order valence-corrected chi connectivity index (χ0v) is 11.1. The van der Waals surface area contributed by atoms with E-state index >= 15 is 0 Å². The van der Waals surface area contributed by atoms with Crippen molar-refractivity contribution in [1.82, 2.24) is 10.3 Å². The molecular formula is C13H12ClFN2O2. The summed E-state index contributed by atoms with van der Waals surface area (Å²) in [4.78, 5) is 14.8. The molecule has 0 aliphatic heterocycles. The average Bonchev–Trinajstić information content (AvgIpc) is 2.33. The molecular weight excluding hydrogens is 271 g/mol. The zero-order valence-electron chi connectivity index (χ0n) is 10.4. The maximum absolute atomic E-state index is 13.4. The number of fused-ring (bicyclic) bond motifs is 1. The lowest BCUT2D eigenvalue weighted by Crippen LogP contribution is -2.24. The first-order valence-corrected chi connectivity index (χ1v) is 6.02. The van der Waals surface area contributed by atoms with E-state index in [4.69, 9.17) is 16.7 Å². The van der Waals surface area contributed by atoms with Gasteiger partial charge in [0.2, 0.25) is 0 Å². The monoisotopic (exact) mass is 282 g/mol. The summed E-state index contributed by atoms with van der Waals surface area (Å²) in [6, 6.07) is 4.18. The lowest BCUT2D eigenvalue weighted by molar-refractivity contribution is 0.191. The van der Waals surface area contributed by atoms with Crippen molar-refractivity contribution in [2.24, 2.45) is 0 Å². The Morgan fingerprint density at radius 3 is 2.84 bits per heavy atom. The summed E-state index contributed by atoms with van der Waals surface area (Å²) in [5.74, 6) is -0.347. The number of benzene rings is 1. The fourth-order valence-electron chi connectivity index (χ4n) is 1.92. The first kappa shape index (κ1) is 13.5. The molecule has 6 heteroatoms. The van der Waals surface area contributed by atoms with Crippen molar-refractivity contribution in [3.05, 3.63) is 40.3 Å². The van der Waals surface area contributed by atoms with Gasteiger partial charge < -0.3 is 10.4 Å². The topological polar surface area (TPSA) is 62.2 Å². The number of amides is 1. The van der Waals surface area contributed by atoms with E-state index in [1.54, 1.807) is 26.0 Å². The molecule has 0 radical (unpaired) electrons. The third-order valence-corrected chi connectivity index (χ3v) is 3.26. The predicted molar refractivity (Wildman–Crippen MR) is 71.0 cm³/mol. The summed E-state index contributed by atoms with van der Waals surface area (Å²) in [6.07, 6.45) is -1.14. The first-order chi connectivity index (χ1) is 8.90. The molecule has 0 aliphatic rings. The van der Waals surface area contributed by atoms with E-state index in [2.05, 4.69) is 10.3 Å². The molecule has 2 rings (SSSR count). The Bertz CT molecular complexity index is 661. The molecule has 2 aromatic rings. The number of hydrogen-bond donors (Lipinski definition) is 2. The van der Waals surface area contributed by atoms with Crippen LogP contribution in [-0.4, -0.2) is 16.2 Å². The minimum absolute atomic E-state index is 0.169. The van der Waals surface area contributed by atoms with E-state index in [-0.39, 0.29) is 11.0 Å². The minimum atomic E-state index is -1.14. The molecule has 0 aliphatic carbocycles. The predicted octanol–water partition coefficient (Wildman–Crippen LogP) is 3.66. The SMILES string of the molecule is Cc1c(F)ccc2cc(C(C)NC(=O)O)c(Cl)nc12. The molecule has 0 fully saturated rings. The Labute approximate surface area is 114 Å². The van der Waals surface area contributed by atoms with E-state index in [9.17, 15) is 9.18 Å². The van der Waals surface area contributed by atoms with Crippen LogP contribution in [0.4, 0.5) is 9.18 Å². The number of carbonyl (C=O) groups is 1. The van der Waals surface area contributed by atoms with Gasteiger partial charge in [0, 0.05) is 16.5 Å². The molecule has 2 N–H and O–H groups in total. The number of carboxylic acid groups (broad SMARTS) is 1. The van der Waals surface area contributed by atoms with Gasteiger partial charge in [0.1, 0.15) is 11.0 Å². The number of halogens is 2. The highest BCUT2D eigenvalue weighted by atomic mass is 35.5. The molecule has 0 bridgehead atoms. The molecule has 1 aromatic carbocycles. The van der Waals surface area contributed by atoms with E-state index in [1.165, 1.54) is 6.07 Å². The fourth-order valence-corrected chi connectivity index (χ4v) is 2.22.